The van der Waals surface area contributed by atoms with Crippen molar-refractivity contribution in [2.24, 2.45) is 26.4 Å². The van der Waals surface area contributed by atoms with Crippen LogP contribution >= 0.6 is 0 Å². The first-order valence-corrected chi connectivity index (χ1v) is 11.4. The van der Waals surface area contributed by atoms with Gasteiger partial charge in [-0.25, -0.2) is 4.99 Å². The Kier molecular flexibility index (Phi) is 7.71. The van der Waals surface area contributed by atoms with Crippen LogP contribution in [0.15, 0.2) is 81.0 Å². The van der Waals surface area contributed by atoms with Crippen molar-refractivity contribution in [1.82, 2.24) is 4.90 Å². The maximum atomic E-state index is 12.9. The number of rotatable bonds is 5. The molecule has 6 N–H and O–H groups in total. The lowest BCUT2D eigenvalue weighted by Gasteiger charge is -2.30. The van der Waals surface area contributed by atoms with Crippen LogP contribution in [0.25, 0.3) is 0 Å². The van der Waals surface area contributed by atoms with Crippen LogP contribution in [0.5, 0.6) is 0 Å². The van der Waals surface area contributed by atoms with E-state index in [1.54, 1.807) is 19.3 Å². The molecule has 2 heterocycles. The molecular weight excluding hydrogens is 460 g/mol. The first-order valence-electron chi connectivity index (χ1n) is 11.4. The van der Waals surface area contributed by atoms with Crippen molar-refractivity contribution in [3.8, 4) is 0 Å². The molecule has 11 nitrogen and oxygen atoms in total. The molecule has 0 aromatic heterocycles. The molecule has 11 heteroatoms. The van der Waals surface area contributed by atoms with E-state index in [0.29, 0.717) is 43.4 Å². The lowest BCUT2D eigenvalue weighted by atomic mass is 10.0. The highest BCUT2D eigenvalue weighted by atomic mass is 16.5. The number of allylic oxidation sites excluding steroid dienone is 1. The Bertz CT molecular complexity index is 1250. The predicted molar refractivity (Wildman–Crippen MR) is 139 cm³/mol. The number of hydrogen-bond donors (Lipinski definition) is 4. The number of fused-ring (bicyclic) bond motifs is 1. The van der Waals surface area contributed by atoms with Crippen LogP contribution in [0.2, 0.25) is 0 Å². The van der Waals surface area contributed by atoms with Crippen molar-refractivity contribution >= 4 is 35.4 Å². The fraction of sp³-hybridized carbons (Fsp3) is 0.240. The van der Waals surface area contributed by atoms with Gasteiger partial charge in [0.1, 0.15) is 5.70 Å². The molecule has 0 spiro atoms. The molecular formula is C25H28N8O3. The van der Waals surface area contributed by atoms with Crippen molar-refractivity contribution in [3.05, 3.63) is 77.1 Å². The SMILES string of the molecule is CN=CC(=C(N)C(=N)OC(N)=NC1N=C(c2ccccc2)c2ccccc2NC1=O)N1CCOCC1. The van der Waals surface area contributed by atoms with Crippen LogP contribution < -0.4 is 16.8 Å². The number of benzodiazepines with no additional fused rings is 1. The van der Waals surface area contributed by atoms with E-state index < -0.39 is 24.0 Å². The minimum atomic E-state index is -1.23. The van der Waals surface area contributed by atoms with E-state index in [1.807, 2.05) is 53.4 Å². The zero-order chi connectivity index (χ0) is 25.5. The molecule has 1 unspecified atom stereocenters. The zero-order valence-corrected chi connectivity index (χ0v) is 19.8. The Morgan fingerprint density at radius 1 is 1.17 bits per heavy atom. The molecule has 2 aromatic carbocycles. The largest absolute Gasteiger partial charge is 0.405 e. The molecule has 2 aromatic rings. The van der Waals surface area contributed by atoms with E-state index in [9.17, 15) is 4.79 Å². The van der Waals surface area contributed by atoms with Gasteiger partial charge in [-0.3, -0.25) is 15.2 Å². The summed E-state index contributed by atoms with van der Waals surface area (Å²) in [4.78, 5) is 27.7. The lowest BCUT2D eigenvalue weighted by Crippen LogP contribution is -2.39. The van der Waals surface area contributed by atoms with Crippen LogP contribution in [-0.4, -0.2) is 74.2 Å². The summed E-state index contributed by atoms with van der Waals surface area (Å²) in [5.74, 6) is -0.899. The first kappa shape index (κ1) is 24.6. The maximum absolute atomic E-state index is 12.9. The Balaban J connectivity index is 1.62. The summed E-state index contributed by atoms with van der Waals surface area (Å²) in [6.07, 6.45) is 0.319. The fourth-order valence-electron chi connectivity index (χ4n) is 3.83. The quantitative estimate of drug-likeness (QED) is 0.366. The number of nitrogens with zero attached hydrogens (tertiary/aromatic N) is 4. The van der Waals surface area contributed by atoms with Gasteiger partial charge in [0.25, 0.3) is 11.9 Å². The third kappa shape index (κ3) is 5.58. The van der Waals surface area contributed by atoms with Crippen molar-refractivity contribution in [2.45, 2.75) is 6.17 Å². The van der Waals surface area contributed by atoms with E-state index in [1.165, 1.54) is 0 Å². The Hall–Kier alpha value is -4.51. The number of benzene rings is 2. The minimum absolute atomic E-state index is 0.0341. The van der Waals surface area contributed by atoms with Gasteiger partial charge in [0.05, 0.1) is 30.3 Å². The normalized spacial score (nSPS) is 19.1. The number of ether oxygens (including phenoxy) is 2. The highest BCUT2D eigenvalue weighted by Crippen LogP contribution is 2.24. The van der Waals surface area contributed by atoms with E-state index >= 15 is 0 Å². The van der Waals surface area contributed by atoms with Crippen molar-refractivity contribution in [1.29, 1.82) is 5.41 Å². The van der Waals surface area contributed by atoms with Gasteiger partial charge in [-0.05, 0) is 6.07 Å². The van der Waals surface area contributed by atoms with Crippen LogP contribution in [0.4, 0.5) is 5.69 Å². The Labute approximate surface area is 208 Å². The summed E-state index contributed by atoms with van der Waals surface area (Å²) in [6.45, 7) is 2.26. The monoisotopic (exact) mass is 488 g/mol. The van der Waals surface area contributed by atoms with E-state index in [4.69, 9.17) is 26.4 Å². The maximum Gasteiger partial charge on any atom is 0.291 e. The molecule has 1 saturated heterocycles. The van der Waals surface area contributed by atoms with Gasteiger partial charge in [0, 0.05) is 37.5 Å². The molecule has 186 valence electrons. The van der Waals surface area contributed by atoms with Crippen LogP contribution in [-0.2, 0) is 14.3 Å². The molecule has 1 amide bonds. The number of amides is 1. The number of carbonyl (C=O) groups is 1. The van der Waals surface area contributed by atoms with Gasteiger partial charge in [-0.2, -0.15) is 4.99 Å². The number of amidine groups is 1. The smallest absolute Gasteiger partial charge is 0.291 e. The summed E-state index contributed by atoms with van der Waals surface area (Å²) in [6, 6.07) is 16.4. The number of morpholine rings is 1. The molecule has 1 fully saturated rings. The number of carbonyl (C=O) groups excluding carboxylic acids is 1. The number of para-hydroxylation sites is 1. The molecule has 0 saturated carbocycles. The number of nitrogens with two attached hydrogens (primary N) is 2. The van der Waals surface area contributed by atoms with Gasteiger partial charge in [-0.1, -0.05) is 48.5 Å². The Morgan fingerprint density at radius 3 is 2.58 bits per heavy atom. The van der Waals surface area contributed by atoms with Crippen LogP contribution in [0.1, 0.15) is 11.1 Å². The molecule has 0 radical (unpaired) electrons. The van der Waals surface area contributed by atoms with Gasteiger partial charge in [0.2, 0.25) is 12.1 Å². The second-order valence-corrected chi connectivity index (χ2v) is 7.94. The molecule has 0 aliphatic carbocycles. The third-order valence-corrected chi connectivity index (χ3v) is 5.55. The first-order chi connectivity index (χ1) is 17.5. The molecule has 0 bridgehead atoms. The second kappa shape index (κ2) is 11.3. The molecule has 1 atom stereocenters. The topological polar surface area (TPSA) is 164 Å². The lowest BCUT2D eigenvalue weighted by molar-refractivity contribution is -0.117. The highest BCUT2D eigenvalue weighted by molar-refractivity contribution is 6.19. The molecule has 36 heavy (non-hydrogen) atoms. The molecule has 2 aliphatic rings. The fourth-order valence-corrected chi connectivity index (χ4v) is 3.83. The number of nitrogens with one attached hydrogen (secondary N) is 2. The van der Waals surface area contributed by atoms with Crippen LogP contribution in [0, 0.1) is 5.41 Å². The average Bonchev–Trinajstić information content (AvgIpc) is 3.04. The van der Waals surface area contributed by atoms with Gasteiger partial charge in [0.15, 0.2) is 0 Å². The minimum Gasteiger partial charge on any atom is -0.405 e. The van der Waals surface area contributed by atoms with E-state index in [2.05, 4.69) is 20.3 Å². The van der Waals surface area contributed by atoms with Gasteiger partial charge < -0.3 is 31.2 Å². The summed E-state index contributed by atoms with van der Waals surface area (Å²) >= 11 is 0. The number of anilines is 1. The number of hydrogen-bond acceptors (Lipinski definition) is 9. The average molecular weight is 489 g/mol. The predicted octanol–water partition coefficient (Wildman–Crippen LogP) is 1.31. The van der Waals surface area contributed by atoms with Crippen molar-refractivity contribution in [3.63, 3.8) is 0 Å². The third-order valence-electron chi connectivity index (χ3n) is 5.55. The Morgan fingerprint density at radius 2 is 1.86 bits per heavy atom. The molecule has 4 rings (SSSR count). The highest BCUT2D eigenvalue weighted by Gasteiger charge is 2.26. The van der Waals surface area contributed by atoms with Crippen LogP contribution in [0.3, 0.4) is 0 Å². The van der Waals surface area contributed by atoms with Crippen molar-refractivity contribution in [2.75, 3.05) is 38.7 Å². The van der Waals surface area contributed by atoms with E-state index in [-0.39, 0.29) is 5.70 Å². The summed E-state index contributed by atoms with van der Waals surface area (Å²) in [5.41, 5.74) is 15.5. The second-order valence-electron chi connectivity index (χ2n) is 7.94. The van der Waals surface area contributed by atoms with Gasteiger partial charge in [-0.15, -0.1) is 0 Å². The zero-order valence-electron chi connectivity index (χ0n) is 19.8. The standard InChI is InChI=1S/C25H28N8O3/c1-29-15-19(33-11-13-35-14-12-33)20(26)22(27)36-25(28)32-23-24(34)30-18-10-6-5-9-17(18)21(31-23)16-7-3-2-4-8-16/h2-10,15,23,27H,11-14,26H2,1H3,(H2,28,32)(H,30,34). The molecule has 2 aliphatic heterocycles. The van der Waals surface area contributed by atoms with E-state index in [0.717, 1.165) is 11.1 Å². The van der Waals surface area contributed by atoms with Crippen molar-refractivity contribution < 1.29 is 14.3 Å². The summed E-state index contributed by atoms with van der Waals surface area (Å²) in [5, 5.41) is 11.2. The number of aliphatic imine (C=N–C) groups is 3. The summed E-state index contributed by atoms with van der Waals surface area (Å²) < 4.78 is 10.8. The van der Waals surface area contributed by atoms with Gasteiger partial charge >= 0.3 is 0 Å². The summed E-state index contributed by atoms with van der Waals surface area (Å²) in [7, 11) is 1.61.